The highest BCUT2D eigenvalue weighted by Gasteiger charge is 2.14. The molecule has 0 saturated heterocycles. The van der Waals surface area contributed by atoms with Gasteiger partial charge in [0.1, 0.15) is 13.2 Å². The number of H-pyrrole nitrogens is 1. The summed E-state index contributed by atoms with van der Waals surface area (Å²) in [6, 6.07) is 21.8. The van der Waals surface area contributed by atoms with E-state index in [0.29, 0.717) is 36.7 Å². The molecule has 162 valence electrons. The number of hydrogen-bond donors (Lipinski definition) is 2. The molecule has 7 nitrogen and oxygen atoms in total. The van der Waals surface area contributed by atoms with Crippen LogP contribution in [0.3, 0.4) is 0 Å². The van der Waals surface area contributed by atoms with Crippen LogP contribution in [0.1, 0.15) is 5.56 Å². The molecular weight excluding hydrogens is 416 g/mol. The molecule has 0 aliphatic carbocycles. The van der Waals surface area contributed by atoms with Crippen molar-refractivity contribution in [1.82, 2.24) is 15.0 Å². The number of fused-ring (bicyclic) bond motifs is 3. The Hall–Kier alpha value is -4.39. The summed E-state index contributed by atoms with van der Waals surface area (Å²) < 4.78 is 11.2. The number of nitrogens with zero attached hydrogens (tertiary/aromatic N) is 2. The van der Waals surface area contributed by atoms with Gasteiger partial charge in [-0.2, -0.15) is 4.98 Å². The van der Waals surface area contributed by atoms with Crippen molar-refractivity contribution in [2.45, 2.75) is 6.54 Å². The van der Waals surface area contributed by atoms with E-state index in [2.05, 4.69) is 38.5 Å². The lowest BCUT2D eigenvalue weighted by molar-refractivity contribution is 0.171. The average Bonchev–Trinajstić information content (AvgIpc) is 2.86. The topological polar surface area (TPSA) is 89.1 Å². The Morgan fingerprint density at radius 1 is 0.909 bits per heavy atom. The summed E-state index contributed by atoms with van der Waals surface area (Å²) in [4.78, 5) is 24.9. The van der Waals surface area contributed by atoms with Crippen LogP contribution in [0.15, 0.2) is 77.7 Å². The molecule has 3 aromatic carbocycles. The number of hydrogen-bond acceptors (Lipinski definition) is 6. The molecule has 0 saturated carbocycles. The lowest BCUT2D eigenvalue weighted by atomic mass is 9.97. The lowest BCUT2D eigenvalue weighted by Gasteiger charge is -2.19. The second-order valence-electron chi connectivity index (χ2n) is 7.83. The van der Waals surface area contributed by atoms with Crippen molar-refractivity contribution < 1.29 is 9.47 Å². The van der Waals surface area contributed by atoms with E-state index in [1.807, 2.05) is 48.5 Å². The summed E-state index contributed by atoms with van der Waals surface area (Å²) in [5.41, 5.74) is 2.93. The van der Waals surface area contributed by atoms with Crippen molar-refractivity contribution in [2.24, 2.45) is 0 Å². The van der Waals surface area contributed by atoms with E-state index in [4.69, 9.17) is 9.47 Å². The number of anilines is 1. The van der Waals surface area contributed by atoms with Crippen molar-refractivity contribution in [3.63, 3.8) is 0 Å². The maximum atomic E-state index is 13.1. The van der Waals surface area contributed by atoms with Crippen LogP contribution in [0, 0.1) is 0 Å². The molecule has 0 atom stereocenters. The fourth-order valence-corrected chi connectivity index (χ4v) is 4.22. The molecule has 0 unspecified atom stereocenters. The highest BCUT2D eigenvalue weighted by molar-refractivity contribution is 6.03. The SMILES string of the molecule is O=c1[nH]c(NCc2ccc3c(c2)OCCO3)nc2nccc(-c3cccc4ccccc34)c12. The molecule has 0 radical (unpaired) electrons. The van der Waals surface area contributed by atoms with Crippen LogP contribution in [0.4, 0.5) is 5.95 Å². The summed E-state index contributed by atoms with van der Waals surface area (Å²) in [5.74, 6) is 1.83. The van der Waals surface area contributed by atoms with Gasteiger partial charge >= 0.3 is 0 Å². The Bertz CT molecular complexity index is 1560. The molecule has 5 aromatic rings. The molecule has 2 aromatic heterocycles. The van der Waals surface area contributed by atoms with Crippen LogP contribution in [-0.4, -0.2) is 28.2 Å². The number of benzene rings is 3. The number of aromatic amines is 1. The van der Waals surface area contributed by atoms with Gasteiger partial charge in [0.25, 0.3) is 5.56 Å². The van der Waals surface area contributed by atoms with E-state index in [1.54, 1.807) is 6.20 Å². The number of nitrogens with one attached hydrogen (secondary N) is 2. The fourth-order valence-electron chi connectivity index (χ4n) is 4.22. The van der Waals surface area contributed by atoms with Gasteiger partial charge in [-0.3, -0.25) is 9.78 Å². The minimum absolute atomic E-state index is 0.235. The van der Waals surface area contributed by atoms with Gasteiger partial charge in [-0.05, 0) is 40.1 Å². The molecule has 2 N–H and O–H groups in total. The normalized spacial score (nSPS) is 12.7. The molecule has 1 aliphatic rings. The van der Waals surface area contributed by atoms with Crippen molar-refractivity contribution >= 4 is 27.8 Å². The molecule has 0 fully saturated rings. The molecule has 7 heteroatoms. The third kappa shape index (κ3) is 3.53. The Kier molecular flexibility index (Phi) is 4.65. The third-order valence-electron chi connectivity index (χ3n) is 5.75. The predicted molar refractivity (Wildman–Crippen MR) is 128 cm³/mol. The van der Waals surface area contributed by atoms with E-state index in [-0.39, 0.29) is 5.56 Å². The van der Waals surface area contributed by atoms with E-state index >= 15 is 0 Å². The van der Waals surface area contributed by atoms with Crippen LogP contribution in [0.2, 0.25) is 0 Å². The van der Waals surface area contributed by atoms with Gasteiger partial charge in [-0.15, -0.1) is 0 Å². The van der Waals surface area contributed by atoms with E-state index in [0.717, 1.165) is 39.0 Å². The molecule has 3 heterocycles. The third-order valence-corrected chi connectivity index (χ3v) is 5.75. The summed E-state index contributed by atoms with van der Waals surface area (Å²) >= 11 is 0. The molecule has 1 aliphatic heterocycles. The summed E-state index contributed by atoms with van der Waals surface area (Å²) in [7, 11) is 0. The van der Waals surface area contributed by atoms with Crippen molar-refractivity contribution in [3.05, 3.63) is 88.8 Å². The Morgan fingerprint density at radius 2 is 1.76 bits per heavy atom. The van der Waals surface area contributed by atoms with Gasteiger partial charge in [0.05, 0.1) is 5.39 Å². The zero-order valence-electron chi connectivity index (χ0n) is 17.7. The summed E-state index contributed by atoms with van der Waals surface area (Å²) in [6.07, 6.45) is 1.69. The molecular formula is C26H20N4O3. The first-order valence-electron chi connectivity index (χ1n) is 10.8. The molecule has 0 amide bonds. The Balaban J connectivity index is 1.35. The first-order valence-corrected chi connectivity index (χ1v) is 10.8. The van der Waals surface area contributed by atoms with Crippen molar-refractivity contribution in [2.75, 3.05) is 18.5 Å². The van der Waals surface area contributed by atoms with Gasteiger partial charge in [0.2, 0.25) is 5.95 Å². The first-order chi connectivity index (χ1) is 16.3. The zero-order chi connectivity index (χ0) is 22.2. The highest BCUT2D eigenvalue weighted by Crippen LogP contribution is 2.32. The molecule has 0 spiro atoms. The molecule has 0 bridgehead atoms. The second-order valence-corrected chi connectivity index (χ2v) is 7.83. The minimum atomic E-state index is -0.235. The lowest BCUT2D eigenvalue weighted by Crippen LogP contribution is -2.16. The monoisotopic (exact) mass is 436 g/mol. The molecule has 33 heavy (non-hydrogen) atoms. The van der Waals surface area contributed by atoms with Gasteiger partial charge in [0, 0.05) is 18.3 Å². The largest absolute Gasteiger partial charge is 0.486 e. The van der Waals surface area contributed by atoms with Crippen LogP contribution in [0.5, 0.6) is 11.5 Å². The van der Waals surface area contributed by atoms with Gasteiger partial charge in [-0.25, -0.2) is 4.98 Å². The summed E-state index contributed by atoms with van der Waals surface area (Å²) in [6.45, 7) is 1.56. The first kappa shape index (κ1) is 19.3. The predicted octanol–water partition coefficient (Wildman–Crippen LogP) is 4.52. The smallest absolute Gasteiger partial charge is 0.262 e. The number of aromatic nitrogens is 3. The fraction of sp³-hybridized carbons (Fsp3) is 0.115. The van der Waals surface area contributed by atoms with E-state index in [1.165, 1.54) is 0 Å². The van der Waals surface area contributed by atoms with Crippen LogP contribution in [-0.2, 0) is 6.54 Å². The van der Waals surface area contributed by atoms with Gasteiger partial charge < -0.3 is 14.8 Å². The average molecular weight is 436 g/mol. The van der Waals surface area contributed by atoms with Crippen molar-refractivity contribution in [1.29, 1.82) is 0 Å². The standard InChI is InChI=1S/C26H20N4O3/c31-25-23-20(19-7-3-5-17-4-1-2-6-18(17)19)10-11-27-24(23)29-26(30-25)28-15-16-8-9-21-22(14-16)33-13-12-32-21/h1-11,14H,12-13,15H2,(H2,27,28,29,30,31). The molecule has 6 rings (SSSR count). The maximum absolute atomic E-state index is 13.1. The Morgan fingerprint density at radius 3 is 2.70 bits per heavy atom. The minimum Gasteiger partial charge on any atom is -0.486 e. The van der Waals surface area contributed by atoms with Crippen LogP contribution < -0.4 is 20.3 Å². The zero-order valence-corrected chi connectivity index (χ0v) is 17.7. The second kappa shape index (κ2) is 7.94. The van der Waals surface area contributed by atoms with Crippen LogP contribution in [0.25, 0.3) is 32.9 Å². The van der Waals surface area contributed by atoms with Crippen LogP contribution >= 0.6 is 0 Å². The van der Waals surface area contributed by atoms with E-state index < -0.39 is 0 Å². The number of ether oxygens (including phenoxy) is 2. The number of pyridine rings is 1. The maximum Gasteiger partial charge on any atom is 0.262 e. The Labute approximate surface area is 189 Å². The quantitative estimate of drug-likeness (QED) is 0.431. The van der Waals surface area contributed by atoms with E-state index in [9.17, 15) is 4.79 Å². The van der Waals surface area contributed by atoms with Gasteiger partial charge in [-0.1, -0.05) is 48.5 Å². The summed E-state index contributed by atoms with van der Waals surface area (Å²) in [5, 5.41) is 5.85. The number of rotatable bonds is 4. The van der Waals surface area contributed by atoms with Crippen molar-refractivity contribution in [3.8, 4) is 22.6 Å². The van der Waals surface area contributed by atoms with Gasteiger partial charge in [0.15, 0.2) is 17.1 Å². The highest BCUT2D eigenvalue weighted by atomic mass is 16.6.